The zero-order valence-electron chi connectivity index (χ0n) is 11.1. The van der Waals surface area contributed by atoms with Crippen molar-refractivity contribution in [1.82, 2.24) is 0 Å². The molecular weight excluding hydrogens is 323 g/mol. The molecule has 0 spiro atoms. The van der Waals surface area contributed by atoms with Crippen molar-refractivity contribution in [3.63, 3.8) is 0 Å². The van der Waals surface area contributed by atoms with Gasteiger partial charge in [0.1, 0.15) is 5.75 Å². The van der Waals surface area contributed by atoms with Crippen LogP contribution in [0, 0.1) is 0 Å². The van der Waals surface area contributed by atoms with Crippen molar-refractivity contribution in [3.05, 3.63) is 29.8 Å². The third-order valence-corrected chi connectivity index (χ3v) is 3.53. The van der Waals surface area contributed by atoms with Crippen LogP contribution in [0.2, 0.25) is 0 Å². The van der Waals surface area contributed by atoms with E-state index in [1.165, 1.54) is 22.8 Å². The van der Waals surface area contributed by atoms with E-state index >= 15 is 0 Å². The molecule has 0 aromatic heterocycles. The van der Waals surface area contributed by atoms with Crippen LogP contribution in [0.25, 0.3) is 0 Å². The molecule has 1 rings (SSSR count). The molecule has 0 radical (unpaired) electrons. The number of rotatable bonds is 6. The number of hydrogen-bond donors (Lipinski definition) is 0. The maximum Gasteiger partial charge on any atom is 0.119 e. The van der Waals surface area contributed by atoms with E-state index in [0.717, 1.165) is 18.8 Å². The fourth-order valence-corrected chi connectivity index (χ4v) is 2.15. The predicted octanol–water partition coefficient (Wildman–Crippen LogP) is 4.97. The average Bonchev–Trinajstić information content (AvgIpc) is 2.28. The van der Waals surface area contributed by atoms with Crippen LogP contribution in [0.4, 0.5) is 0 Å². The Labute approximate surface area is 119 Å². The second-order valence-electron chi connectivity index (χ2n) is 5.37. The van der Waals surface area contributed by atoms with Crippen LogP contribution in [0.3, 0.4) is 0 Å². The molecule has 1 nitrogen and oxygen atoms in total. The minimum absolute atomic E-state index is 0.221. The summed E-state index contributed by atoms with van der Waals surface area (Å²) >= 11 is 2.42. The van der Waals surface area contributed by atoms with Gasteiger partial charge in [-0.15, -0.1) is 0 Å². The lowest BCUT2D eigenvalue weighted by atomic mass is 9.87. The number of unbranched alkanes of at least 4 members (excludes halogenated alkanes) is 2. The Balaban J connectivity index is 2.36. The molecular formula is C15H23IO. The minimum atomic E-state index is 0.221. The third kappa shape index (κ3) is 5.75. The Hall–Kier alpha value is -0.250. The van der Waals surface area contributed by atoms with Gasteiger partial charge in [-0.25, -0.2) is 0 Å². The third-order valence-electron chi connectivity index (χ3n) is 2.77. The van der Waals surface area contributed by atoms with E-state index in [4.69, 9.17) is 4.74 Å². The van der Waals surface area contributed by atoms with E-state index in [2.05, 4.69) is 67.6 Å². The molecule has 96 valence electrons. The molecule has 0 aliphatic heterocycles. The molecule has 0 aliphatic carbocycles. The maximum atomic E-state index is 5.72. The summed E-state index contributed by atoms with van der Waals surface area (Å²) in [5, 5.41) is 0. The highest BCUT2D eigenvalue weighted by Crippen LogP contribution is 2.24. The molecule has 0 saturated carbocycles. The maximum absolute atomic E-state index is 5.72. The normalized spacial score (nSPS) is 11.5. The van der Waals surface area contributed by atoms with Crippen LogP contribution in [-0.2, 0) is 5.41 Å². The lowest BCUT2D eigenvalue weighted by Crippen LogP contribution is -2.10. The first kappa shape index (κ1) is 14.8. The summed E-state index contributed by atoms with van der Waals surface area (Å²) in [5.41, 5.74) is 1.58. The first-order valence-corrected chi connectivity index (χ1v) is 7.86. The fourth-order valence-electron chi connectivity index (χ4n) is 1.61. The highest BCUT2D eigenvalue weighted by Gasteiger charge is 2.12. The van der Waals surface area contributed by atoms with Crippen molar-refractivity contribution in [1.29, 1.82) is 0 Å². The second-order valence-corrected chi connectivity index (χ2v) is 6.45. The molecule has 0 bridgehead atoms. The summed E-state index contributed by atoms with van der Waals surface area (Å²) in [7, 11) is 0. The summed E-state index contributed by atoms with van der Waals surface area (Å²) in [5.74, 6) is 0.993. The van der Waals surface area contributed by atoms with Crippen LogP contribution < -0.4 is 4.74 Å². The van der Waals surface area contributed by atoms with Crippen molar-refractivity contribution < 1.29 is 4.74 Å². The predicted molar refractivity (Wildman–Crippen MR) is 83.4 cm³/mol. The average molecular weight is 346 g/mol. The monoisotopic (exact) mass is 346 g/mol. The van der Waals surface area contributed by atoms with Crippen LogP contribution in [-0.4, -0.2) is 11.0 Å². The van der Waals surface area contributed by atoms with Crippen LogP contribution in [0.5, 0.6) is 5.75 Å². The highest BCUT2D eigenvalue weighted by molar-refractivity contribution is 14.1. The van der Waals surface area contributed by atoms with Crippen molar-refractivity contribution in [2.45, 2.75) is 45.4 Å². The number of benzene rings is 1. The number of ether oxygens (including phenoxy) is 1. The summed E-state index contributed by atoms with van der Waals surface area (Å²) in [6.07, 6.45) is 3.72. The first-order chi connectivity index (χ1) is 8.04. The van der Waals surface area contributed by atoms with Crippen molar-refractivity contribution in [3.8, 4) is 5.75 Å². The second kappa shape index (κ2) is 7.24. The van der Waals surface area contributed by atoms with E-state index in [-0.39, 0.29) is 5.41 Å². The van der Waals surface area contributed by atoms with E-state index in [9.17, 15) is 0 Å². The van der Waals surface area contributed by atoms with Crippen LogP contribution >= 0.6 is 22.6 Å². The Kier molecular flexibility index (Phi) is 6.31. The number of halogens is 1. The molecule has 1 aromatic carbocycles. The molecule has 0 N–H and O–H groups in total. The Morgan fingerprint density at radius 2 is 1.65 bits per heavy atom. The van der Waals surface area contributed by atoms with Crippen molar-refractivity contribution >= 4 is 22.6 Å². The van der Waals surface area contributed by atoms with E-state index in [0.29, 0.717) is 0 Å². The summed E-state index contributed by atoms with van der Waals surface area (Å²) < 4.78 is 6.97. The summed E-state index contributed by atoms with van der Waals surface area (Å²) in [4.78, 5) is 0. The van der Waals surface area contributed by atoms with Gasteiger partial charge in [-0.3, -0.25) is 0 Å². The zero-order chi connectivity index (χ0) is 12.7. The topological polar surface area (TPSA) is 9.23 Å². The molecule has 0 heterocycles. The van der Waals surface area contributed by atoms with Gasteiger partial charge in [-0.1, -0.05) is 55.5 Å². The van der Waals surface area contributed by atoms with Gasteiger partial charge in [0, 0.05) is 0 Å². The Morgan fingerprint density at radius 1 is 1.00 bits per heavy atom. The van der Waals surface area contributed by atoms with Crippen LogP contribution in [0.15, 0.2) is 24.3 Å². The molecule has 1 aromatic rings. The molecule has 0 fully saturated rings. The summed E-state index contributed by atoms with van der Waals surface area (Å²) in [6.45, 7) is 7.53. The molecule has 0 amide bonds. The van der Waals surface area contributed by atoms with Crippen LogP contribution in [0.1, 0.15) is 45.6 Å². The smallest absolute Gasteiger partial charge is 0.119 e. The Morgan fingerprint density at radius 3 is 2.18 bits per heavy atom. The van der Waals surface area contributed by atoms with Crippen molar-refractivity contribution in [2.75, 3.05) is 11.0 Å². The van der Waals surface area contributed by atoms with Gasteiger partial charge in [0.15, 0.2) is 0 Å². The van der Waals surface area contributed by atoms with Gasteiger partial charge in [0.05, 0.1) is 6.61 Å². The molecule has 0 atom stereocenters. The first-order valence-electron chi connectivity index (χ1n) is 6.33. The lowest BCUT2D eigenvalue weighted by Gasteiger charge is -2.19. The molecule has 17 heavy (non-hydrogen) atoms. The largest absolute Gasteiger partial charge is 0.494 e. The van der Waals surface area contributed by atoms with E-state index < -0.39 is 0 Å². The summed E-state index contributed by atoms with van der Waals surface area (Å²) in [6, 6.07) is 8.50. The minimum Gasteiger partial charge on any atom is -0.494 e. The van der Waals surface area contributed by atoms with Gasteiger partial charge in [-0.2, -0.15) is 0 Å². The highest BCUT2D eigenvalue weighted by atomic mass is 127. The molecule has 0 aliphatic rings. The lowest BCUT2D eigenvalue weighted by molar-refractivity contribution is 0.306. The van der Waals surface area contributed by atoms with Gasteiger partial charge in [0.2, 0.25) is 0 Å². The standard InChI is InChI=1S/C15H23IO/c1-15(2,3)13-7-9-14(10-8-13)17-12-6-4-5-11-16/h7-10H,4-6,11-12H2,1-3H3. The quantitative estimate of drug-likeness (QED) is 0.402. The molecule has 2 heteroatoms. The number of hydrogen-bond acceptors (Lipinski definition) is 1. The Bertz CT molecular complexity index is 311. The fraction of sp³-hybridized carbons (Fsp3) is 0.600. The SMILES string of the molecule is CC(C)(C)c1ccc(OCCCCCI)cc1. The van der Waals surface area contributed by atoms with E-state index in [1.54, 1.807) is 0 Å². The number of alkyl halides is 1. The molecule has 0 saturated heterocycles. The van der Waals surface area contributed by atoms with E-state index in [1.807, 2.05) is 0 Å². The van der Waals surface area contributed by atoms with Gasteiger partial charge in [-0.05, 0) is 46.8 Å². The van der Waals surface area contributed by atoms with Gasteiger partial charge >= 0.3 is 0 Å². The van der Waals surface area contributed by atoms with Crippen molar-refractivity contribution in [2.24, 2.45) is 0 Å². The van der Waals surface area contributed by atoms with Gasteiger partial charge < -0.3 is 4.74 Å². The zero-order valence-corrected chi connectivity index (χ0v) is 13.3. The molecule has 0 unspecified atom stereocenters. The van der Waals surface area contributed by atoms with Gasteiger partial charge in [0.25, 0.3) is 0 Å².